The van der Waals surface area contributed by atoms with E-state index in [4.69, 9.17) is 28.9 Å². The van der Waals surface area contributed by atoms with E-state index in [1.165, 1.54) is 5.56 Å². The molecule has 3 N–H and O–H groups in total. The molecule has 5 rings (SSSR count). The van der Waals surface area contributed by atoms with Crippen LogP contribution < -0.4 is 10.6 Å². The van der Waals surface area contributed by atoms with Gasteiger partial charge in [-0.25, -0.2) is 4.98 Å². The van der Waals surface area contributed by atoms with Crippen molar-refractivity contribution in [2.45, 2.75) is 24.8 Å². The number of anilines is 1. The number of pyridine rings is 1. The molecule has 166 valence electrons. The summed E-state index contributed by atoms with van der Waals surface area (Å²) in [6.07, 6.45) is 5.92. The van der Waals surface area contributed by atoms with Crippen molar-refractivity contribution in [3.63, 3.8) is 0 Å². The lowest BCUT2D eigenvalue weighted by atomic mass is 9.83. The largest absolute Gasteiger partial charge is 0.341 e. The molecule has 1 saturated heterocycles. The number of H-pyrrole nitrogens is 1. The first-order valence-corrected chi connectivity index (χ1v) is 11.3. The summed E-state index contributed by atoms with van der Waals surface area (Å²) in [5.41, 5.74) is 9.41. The summed E-state index contributed by atoms with van der Waals surface area (Å²) >= 11 is 12.6. The van der Waals surface area contributed by atoms with E-state index in [1.807, 2.05) is 18.2 Å². The highest BCUT2D eigenvalue weighted by Crippen LogP contribution is 2.37. The van der Waals surface area contributed by atoms with E-state index in [2.05, 4.69) is 36.1 Å². The Hall–Kier alpha value is -3.25. The van der Waals surface area contributed by atoms with Gasteiger partial charge in [-0.2, -0.15) is 15.3 Å². The Labute approximate surface area is 200 Å². The Kier molecular flexibility index (Phi) is 5.62. The van der Waals surface area contributed by atoms with Gasteiger partial charge >= 0.3 is 0 Å². The molecule has 0 spiro atoms. The number of nitriles is 1. The molecule has 0 saturated carbocycles. The predicted octanol–water partition coefficient (Wildman–Crippen LogP) is 4.13. The van der Waals surface area contributed by atoms with Crippen LogP contribution in [0.25, 0.3) is 22.3 Å². The van der Waals surface area contributed by atoms with Gasteiger partial charge in [-0.3, -0.25) is 10.1 Å². The van der Waals surface area contributed by atoms with Crippen molar-refractivity contribution in [1.82, 2.24) is 25.1 Å². The molecule has 0 unspecified atom stereocenters. The molecule has 4 heterocycles. The Morgan fingerprint density at radius 3 is 2.61 bits per heavy atom. The van der Waals surface area contributed by atoms with Crippen molar-refractivity contribution in [1.29, 1.82) is 5.26 Å². The number of fused-ring (bicyclic) bond motifs is 1. The topological polar surface area (TPSA) is 120 Å². The fourth-order valence-electron chi connectivity index (χ4n) is 4.26. The standard InChI is InChI=1S/C23H20Cl2N8/c24-16-3-1-2-15(19(16)25)20-18-17(13-26)29-22(30-21(18)32-31-20)33-10-6-23(27,7-11-33)12-14-4-8-28-9-5-14/h1-5,8-9H,6-7,10-12,27H2,(H,29,30,31,32). The second-order valence-corrected chi connectivity index (χ2v) is 9.05. The number of benzene rings is 1. The van der Waals surface area contributed by atoms with Gasteiger partial charge in [-0.1, -0.05) is 35.3 Å². The molecule has 10 heteroatoms. The first-order valence-electron chi connectivity index (χ1n) is 10.5. The summed E-state index contributed by atoms with van der Waals surface area (Å²) in [5.74, 6) is 0.472. The fraction of sp³-hybridized carbons (Fsp3) is 0.261. The second-order valence-electron chi connectivity index (χ2n) is 8.26. The Bertz CT molecular complexity index is 1350. The van der Waals surface area contributed by atoms with Gasteiger partial charge in [0, 0.05) is 36.6 Å². The van der Waals surface area contributed by atoms with Crippen molar-refractivity contribution in [3.05, 3.63) is 64.0 Å². The van der Waals surface area contributed by atoms with E-state index in [0.29, 0.717) is 51.4 Å². The first-order chi connectivity index (χ1) is 16.0. The predicted molar refractivity (Wildman–Crippen MR) is 128 cm³/mol. The molecule has 0 amide bonds. The Morgan fingerprint density at radius 2 is 1.88 bits per heavy atom. The van der Waals surface area contributed by atoms with Crippen LogP contribution in [0.15, 0.2) is 42.7 Å². The molecular weight excluding hydrogens is 459 g/mol. The summed E-state index contributed by atoms with van der Waals surface area (Å²) in [7, 11) is 0. The number of hydrogen-bond donors (Lipinski definition) is 2. The maximum atomic E-state index is 9.83. The maximum Gasteiger partial charge on any atom is 0.228 e. The van der Waals surface area contributed by atoms with Crippen molar-refractivity contribution in [2.24, 2.45) is 5.73 Å². The van der Waals surface area contributed by atoms with Crippen molar-refractivity contribution < 1.29 is 0 Å². The summed E-state index contributed by atoms with van der Waals surface area (Å²) in [6.45, 7) is 1.38. The number of halogens is 2. The van der Waals surface area contributed by atoms with Crippen LogP contribution in [-0.4, -0.2) is 43.8 Å². The normalized spacial score (nSPS) is 15.5. The third kappa shape index (κ3) is 4.11. The van der Waals surface area contributed by atoms with Crippen LogP contribution in [-0.2, 0) is 6.42 Å². The van der Waals surface area contributed by atoms with Crippen molar-refractivity contribution >= 4 is 40.2 Å². The number of nitrogens with zero attached hydrogens (tertiary/aromatic N) is 6. The summed E-state index contributed by atoms with van der Waals surface area (Å²) < 4.78 is 0. The van der Waals surface area contributed by atoms with E-state index < -0.39 is 0 Å². The molecule has 8 nitrogen and oxygen atoms in total. The number of aromatic nitrogens is 5. The lowest BCUT2D eigenvalue weighted by Crippen LogP contribution is -2.52. The van der Waals surface area contributed by atoms with E-state index in [1.54, 1.807) is 24.5 Å². The molecular formula is C23H20Cl2N8. The van der Waals surface area contributed by atoms with Crippen LogP contribution >= 0.6 is 23.2 Å². The SMILES string of the molecule is N#Cc1nc(N2CCC(N)(Cc3ccncc3)CC2)nc2n[nH]c(-c3cccc(Cl)c3Cl)c12. The third-order valence-corrected chi connectivity index (χ3v) is 6.90. The van der Waals surface area contributed by atoms with Crippen LogP contribution in [0.4, 0.5) is 5.95 Å². The van der Waals surface area contributed by atoms with Crippen LogP contribution in [0, 0.1) is 11.3 Å². The van der Waals surface area contributed by atoms with E-state index in [0.717, 1.165) is 19.3 Å². The van der Waals surface area contributed by atoms with Gasteiger partial charge in [0.15, 0.2) is 11.3 Å². The number of hydrogen-bond acceptors (Lipinski definition) is 7. The zero-order valence-electron chi connectivity index (χ0n) is 17.6. The van der Waals surface area contributed by atoms with Crippen LogP contribution in [0.3, 0.4) is 0 Å². The number of piperidine rings is 1. The molecule has 0 aliphatic carbocycles. The highest BCUT2D eigenvalue weighted by Gasteiger charge is 2.32. The highest BCUT2D eigenvalue weighted by atomic mass is 35.5. The monoisotopic (exact) mass is 478 g/mol. The Balaban J connectivity index is 1.43. The first kappa shape index (κ1) is 21.6. The van der Waals surface area contributed by atoms with Gasteiger partial charge in [-0.15, -0.1) is 0 Å². The summed E-state index contributed by atoms with van der Waals surface area (Å²) in [4.78, 5) is 15.3. The van der Waals surface area contributed by atoms with Gasteiger partial charge in [0.1, 0.15) is 6.07 Å². The molecule has 3 aromatic heterocycles. The molecule has 1 fully saturated rings. The van der Waals surface area contributed by atoms with Gasteiger partial charge < -0.3 is 10.6 Å². The van der Waals surface area contributed by atoms with Crippen LogP contribution in [0.2, 0.25) is 10.0 Å². The molecule has 1 aromatic carbocycles. The molecule has 0 atom stereocenters. The van der Waals surface area contributed by atoms with E-state index >= 15 is 0 Å². The van der Waals surface area contributed by atoms with Gasteiger partial charge in [0.2, 0.25) is 5.95 Å². The zero-order valence-corrected chi connectivity index (χ0v) is 19.1. The third-order valence-electron chi connectivity index (χ3n) is 6.08. The van der Waals surface area contributed by atoms with Crippen molar-refractivity contribution in [3.8, 4) is 17.3 Å². The molecule has 0 bridgehead atoms. The fourth-order valence-corrected chi connectivity index (χ4v) is 4.66. The molecule has 0 radical (unpaired) electrons. The zero-order chi connectivity index (χ0) is 23.0. The van der Waals surface area contributed by atoms with E-state index in [-0.39, 0.29) is 11.2 Å². The molecule has 4 aromatic rings. The average molecular weight is 479 g/mol. The summed E-state index contributed by atoms with van der Waals surface area (Å²) in [5, 5.41) is 18.4. The van der Waals surface area contributed by atoms with Gasteiger partial charge in [0.05, 0.1) is 21.1 Å². The van der Waals surface area contributed by atoms with Crippen molar-refractivity contribution in [2.75, 3.05) is 18.0 Å². The van der Waals surface area contributed by atoms with Gasteiger partial charge in [-0.05, 0) is 43.0 Å². The minimum Gasteiger partial charge on any atom is -0.341 e. The Morgan fingerprint density at radius 1 is 1.12 bits per heavy atom. The molecule has 1 aliphatic heterocycles. The second kappa shape index (κ2) is 8.60. The highest BCUT2D eigenvalue weighted by molar-refractivity contribution is 6.43. The number of aromatic amines is 1. The average Bonchev–Trinajstić information content (AvgIpc) is 3.25. The lowest BCUT2D eigenvalue weighted by molar-refractivity contribution is 0.329. The number of rotatable bonds is 4. The summed E-state index contributed by atoms with van der Waals surface area (Å²) in [6, 6.07) is 11.5. The molecule has 33 heavy (non-hydrogen) atoms. The number of nitrogens with one attached hydrogen (secondary N) is 1. The smallest absolute Gasteiger partial charge is 0.228 e. The van der Waals surface area contributed by atoms with E-state index in [9.17, 15) is 5.26 Å². The molecule has 1 aliphatic rings. The minimum atomic E-state index is -0.303. The van der Waals surface area contributed by atoms with Crippen LogP contribution in [0.5, 0.6) is 0 Å². The lowest BCUT2D eigenvalue weighted by Gasteiger charge is -2.39. The number of nitrogens with two attached hydrogens (primary N) is 1. The minimum absolute atomic E-state index is 0.233. The van der Waals surface area contributed by atoms with Gasteiger partial charge in [0.25, 0.3) is 0 Å². The van der Waals surface area contributed by atoms with Crippen LogP contribution in [0.1, 0.15) is 24.1 Å². The maximum absolute atomic E-state index is 9.83. The quantitative estimate of drug-likeness (QED) is 0.452.